The van der Waals surface area contributed by atoms with Crippen molar-refractivity contribution in [3.63, 3.8) is 0 Å². The van der Waals surface area contributed by atoms with Gasteiger partial charge in [-0.3, -0.25) is 4.79 Å². The van der Waals surface area contributed by atoms with Crippen molar-refractivity contribution in [1.82, 2.24) is 4.90 Å². The molecule has 3 aliphatic rings. The van der Waals surface area contributed by atoms with Crippen molar-refractivity contribution < 1.29 is 23.1 Å². The van der Waals surface area contributed by atoms with Crippen molar-refractivity contribution in [1.29, 1.82) is 0 Å². The second-order valence-corrected chi connectivity index (χ2v) is 6.20. The molecule has 1 saturated heterocycles. The van der Waals surface area contributed by atoms with Gasteiger partial charge in [0.25, 0.3) is 0 Å². The number of alkyl halides is 3. The Hall–Kier alpha value is -0.780. The number of carbonyl (C=O) groups is 1. The number of nitrogens with zero attached hydrogens (tertiary/aromatic N) is 1. The lowest BCUT2D eigenvalue weighted by Gasteiger charge is -2.39. The van der Waals surface area contributed by atoms with Gasteiger partial charge in [0.15, 0.2) is 5.60 Å². The van der Waals surface area contributed by atoms with E-state index in [2.05, 4.69) is 0 Å². The lowest BCUT2D eigenvalue weighted by Crippen LogP contribution is -2.54. The van der Waals surface area contributed by atoms with E-state index >= 15 is 0 Å². The fraction of sp³-hybridized carbons (Fsp3) is 0.923. The molecule has 2 atom stereocenters. The molecular weight excluding hydrogens is 259 g/mol. The summed E-state index contributed by atoms with van der Waals surface area (Å²) in [7, 11) is 0. The van der Waals surface area contributed by atoms with Crippen LogP contribution in [-0.4, -0.2) is 40.8 Å². The van der Waals surface area contributed by atoms with Gasteiger partial charge in [-0.15, -0.1) is 0 Å². The van der Waals surface area contributed by atoms with E-state index in [9.17, 15) is 23.1 Å². The van der Waals surface area contributed by atoms with E-state index in [0.717, 1.165) is 6.42 Å². The van der Waals surface area contributed by atoms with Crippen LogP contribution in [0.5, 0.6) is 0 Å². The third-order valence-corrected chi connectivity index (χ3v) is 4.81. The number of aliphatic hydroxyl groups is 1. The van der Waals surface area contributed by atoms with Gasteiger partial charge in [0.05, 0.1) is 0 Å². The van der Waals surface area contributed by atoms with Crippen LogP contribution >= 0.6 is 0 Å². The molecule has 19 heavy (non-hydrogen) atoms. The highest BCUT2D eigenvalue weighted by Crippen LogP contribution is 2.55. The number of likely N-dealkylation sites (tertiary alicyclic amines) is 1. The van der Waals surface area contributed by atoms with Crippen molar-refractivity contribution in [3.05, 3.63) is 0 Å². The molecule has 0 radical (unpaired) electrons. The van der Waals surface area contributed by atoms with Gasteiger partial charge in [-0.1, -0.05) is 0 Å². The summed E-state index contributed by atoms with van der Waals surface area (Å²) in [6.45, 7) is 0.0332. The summed E-state index contributed by atoms with van der Waals surface area (Å²) in [5, 5.41) is 9.55. The lowest BCUT2D eigenvalue weighted by atomic mass is 9.90. The van der Waals surface area contributed by atoms with Crippen LogP contribution in [0.3, 0.4) is 0 Å². The molecule has 0 aromatic heterocycles. The zero-order valence-electron chi connectivity index (χ0n) is 10.6. The Morgan fingerprint density at radius 2 is 1.79 bits per heavy atom. The number of piperidine rings is 1. The van der Waals surface area contributed by atoms with Gasteiger partial charge in [-0.05, 0) is 31.1 Å². The van der Waals surface area contributed by atoms with Gasteiger partial charge < -0.3 is 10.0 Å². The minimum Gasteiger partial charge on any atom is -0.380 e. The van der Waals surface area contributed by atoms with Crippen molar-refractivity contribution in [2.75, 3.05) is 13.1 Å². The zero-order chi connectivity index (χ0) is 13.8. The first-order chi connectivity index (χ1) is 8.82. The van der Waals surface area contributed by atoms with Gasteiger partial charge in [0.1, 0.15) is 0 Å². The number of amides is 1. The fourth-order valence-corrected chi connectivity index (χ4v) is 3.16. The summed E-state index contributed by atoms with van der Waals surface area (Å²) < 4.78 is 37.9. The second-order valence-electron chi connectivity index (χ2n) is 6.20. The Labute approximate surface area is 109 Å². The number of rotatable bonds is 2. The normalized spacial score (nSPS) is 34.2. The topological polar surface area (TPSA) is 40.5 Å². The lowest BCUT2D eigenvalue weighted by molar-refractivity contribution is -0.272. The average Bonchev–Trinajstić information content (AvgIpc) is 3.18. The quantitative estimate of drug-likeness (QED) is 0.838. The van der Waals surface area contributed by atoms with Crippen molar-refractivity contribution in [2.45, 2.75) is 43.9 Å². The Morgan fingerprint density at radius 3 is 2.26 bits per heavy atom. The highest BCUT2D eigenvalue weighted by Gasteiger charge is 2.57. The number of halogens is 3. The number of hydrogen-bond acceptors (Lipinski definition) is 2. The van der Waals surface area contributed by atoms with E-state index in [1.807, 2.05) is 0 Å². The molecule has 2 unspecified atom stereocenters. The Bertz CT molecular complexity index is 384. The summed E-state index contributed by atoms with van der Waals surface area (Å²) in [5.41, 5.74) is -2.61. The molecule has 0 bridgehead atoms. The molecule has 0 aromatic rings. The second kappa shape index (κ2) is 4.11. The molecule has 3 nitrogen and oxygen atoms in total. The van der Waals surface area contributed by atoms with Gasteiger partial charge in [0, 0.05) is 31.8 Å². The molecule has 6 heteroatoms. The van der Waals surface area contributed by atoms with Crippen molar-refractivity contribution in [3.8, 4) is 0 Å². The standard InChI is InChI=1S/C13H18F3NO2/c14-13(15,16)12(19)3-5-17(6-4-12)11(18)10-7-9(10)8-1-2-8/h8-10,19H,1-7H2. The van der Waals surface area contributed by atoms with Crippen LogP contribution in [-0.2, 0) is 4.79 Å². The van der Waals surface area contributed by atoms with E-state index < -0.39 is 24.6 Å². The van der Waals surface area contributed by atoms with Crippen LogP contribution in [0, 0.1) is 17.8 Å². The maximum Gasteiger partial charge on any atom is 0.417 e. The number of carbonyl (C=O) groups excluding carboxylic acids is 1. The predicted octanol–water partition coefficient (Wildman–Crippen LogP) is 1.95. The number of hydrogen-bond donors (Lipinski definition) is 1. The van der Waals surface area contributed by atoms with Gasteiger partial charge in [-0.25, -0.2) is 0 Å². The van der Waals surface area contributed by atoms with Crippen LogP contribution < -0.4 is 0 Å². The van der Waals surface area contributed by atoms with Crippen molar-refractivity contribution >= 4 is 5.91 Å². The summed E-state index contributed by atoms with van der Waals surface area (Å²) in [5.74, 6) is 1.22. The molecule has 1 aliphatic heterocycles. The Kier molecular flexibility index (Phi) is 2.86. The molecule has 1 N–H and O–H groups in total. The zero-order valence-corrected chi connectivity index (χ0v) is 10.6. The van der Waals surface area contributed by atoms with E-state index in [1.165, 1.54) is 17.7 Å². The molecule has 0 spiro atoms. The summed E-state index contributed by atoms with van der Waals surface area (Å²) in [6.07, 6.45) is -2.10. The van der Waals surface area contributed by atoms with Crippen LogP contribution in [0.4, 0.5) is 13.2 Å². The highest BCUT2D eigenvalue weighted by atomic mass is 19.4. The molecule has 3 rings (SSSR count). The first-order valence-corrected chi connectivity index (χ1v) is 6.90. The maximum absolute atomic E-state index is 12.6. The highest BCUT2D eigenvalue weighted by molar-refractivity contribution is 5.82. The largest absolute Gasteiger partial charge is 0.417 e. The average molecular weight is 277 g/mol. The predicted molar refractivity (Wildman–Crippen MR) is 61.1 cm³/mol. The van der Waals surface area contributed by atoms with Gasteiger partial charge in [0.2, 0.25) is 5.91 Å². The minimum absolute atomic E-state index is 0.00104. The minimum atomic E-state index is -4.60. The van der Waals surface area contributed by atoms with Crippen LogP contribution in [0.1, 0.15) is 32.1 Å². The van der Waals surface area contributed by atoms with Crippen LogP contribution in [0.15, 0.2) is 0 Å². The SMILES string of the molecule is O=C(C1CC1C1CC1)N1CCC(O)(C(F)(F)F)CC1. The monoisotopic (exact) mass is 277 g/mol. The molecule has 2 saturated carbocycles. The molecule has 2 aliphatic carbocycles. The van der Waals surface area contributed by atoms with Gasteiger partial charge >= 0.3 is 6.18 Å². The molecule has 1 heterocycles. The van der Waals surface area contributed by atoms with Crippen molar-refractivity contribution in [2.24, 2.45) is 17.8 Å². The molecule has 0 aromatic carbocycles. The summed E-state index contributed by atoms with van der Waals surface area (Å²) >= 11 is 0. The summed E-state index contributed by atoms with van der Waals surface area (Å²) in [6, 6.07) is 0. The molecule has 3 fully saturated rings. The van der Waals surface area contributed by atoms with E-state index in [1.54, 1.807) is 0 Å². The summed E-state index contributed by atoms with van der Waals surface area (Å²) in [4.78, 5) is 13.6. The first kappa shape index (κ1) is 13.2. The van der Waals surface area contributed by atoms with Crippen LogP contribution in [0.25, 0.3) is 0 Å². The van der Waals surface area contributed by atoms with E-state index in [-0.39, 0.29) is 24.9 Å². The van der Waals surface area contributed by atoms with Gasteiger partial charge in [-0.2, -0.15) is 13.2 Å². The smallest absolute Gasteiger partial charge is 0.380 e. The first-order valence-electron chi connectivity index (χ1n) is 6.90. The fourth-order valence-electron chi connectivity index (χ4n) is 3.16. The molecule has 108 valence electrons. The van der Waals surface area contributed by atoms with Crippen LogP contribution in [0.2, 0.25) is 0 Å². The Morgan fingerprint density at radius 1 is 1.21 bits per heavy atom. The Balaban J connectivity index is 1.54. The molecule has 1 amide bonds. The van der Waals surface area contributed by atoms with E-state index in [0.29, 0.717) is 11.8 Å². The van der Waals surface area contributed by atoms with E-state index in [4.69, 9.17) is 0 Å². The maximum atomic E-state index is 12.6. The third-order valence-electron chi connectivity index (χ3n) is 4.81. The third kappa shape index (κ3) is 2.35. The molecular formula is C13H18F3NO2.